The normalized spacial score (nSPS) is 10.9. The van der Waals surface area contributed by atoms with E-state index in [2.05, 4.69) is 33.3 Å². The van der Waals surface area contributed by atoms with Crippen LogP contribution in [-0.2, 0) is 7.05 Å². The molecule has 3 rings (SSSR count). The fourth-order valence-electron chi connectivity index (χ4n) is 1.98. The molecule has 0 aliphatic heterocycles. The number of fused-ring (bicyclic) bond motifs is 1. The van der Waals surface area contributed by atoms with Crippen LogP contribution in [0, 0.1) is 0 Å². The summed E-state index contributed by atoms with van der Waals surface area (Å²) in [6.07, 6.45) is 2.10. The lowest BCUT2D eigenvalue weighted by Crippen LogP contribution is -2.06. The number of hydrazine groups is 1. The number of aromatic nitrogens is 2. The molecule has 0 fully saturated rings. The Morgan fingerprint density at radius 3 is 2.94 bits per heavy atom. The fraction of sp³-hybridized carbons (Fsp3) is 0.0833. The molecule has 3 aromatic rings. The van der Waals surface area contributed by atoms with Crippen LogP contribution in [-0.4, -0.2) is 9.55 Å². The van der Waals surface area contributed by atoms with E-state index in [1.807, 2.05) is 24.6 Å². The number of nitrogens with one attached hydrogen (secondary N) is 1. The van der Waals surface area contributed by atoms with Crippen molar-refractivity contribution in [1.29, 1.82) is 0 Å². The van der Waals surface area contributed by atoms with Crippen molar-refractivity contribution in [3.8, 4) is 10.6 Å². The minimum Gasteiger partial charge on any atom is -0.350 e. The van der Waals surface area contributed by atoms with Crippen molar-refractivity contribution in [2.24, 2.45) is 12.9 Å². The van der Waals surface area contributed by atoms with Gasteiger partial charge in [0.25, 0.3) is 0 Å². The lowest BCUT2D eigenvalue weighted by atomic mass is 10.2. The van der Waals surface area contributed by atoms with Gasteiger partial charge in [-0.3, -0.25) is 0 Å². The van der Waals surface area contributed by atoms with Gasteiger partial charge in [0.15, 0.2) is 5.82 Å². The molecule has 0 amide bonds. The van der Waals surface area contributed by atoms with Gasteiger partial charge in [-0.15, -0.1) is 11.3 Å². The molecular weight excluding hydrogens is 232 g/mol. The summed E-state index contributed by atoms with van der Waals surface area (Å²) in [5, 5.41) is 4.11. The molecule has 0 bridgehead atoms. The molecule has 0 saturated carbocycles. The molecule has 86 valence electrons. The van der Waals surface area contributed by atoms with E-state index in [4.69, 9.17) is 5.84 Å². The van der Waals surface area contributed by atoms with E-state index in [9.17, 15) is 0 Å². The van der Waals surface area contributed by atoms with E-state index in [0.717, 1.165) is 10.6 Å². The smallest absolute Gasteiger partial charge is 0.151 e. The number of thiazole rings is 1. The van der Waals surface area contributed by atoms with Crippen molar-refractivity contribution in [3.05, 3.63) is 35.8 Å². The van der Waals surface area contributed by atoms with Gasteiger partial charge in [-0.1, -0.05) is 18.2 Å². The molecule has 0 saturated heterocycles. The van der Waals surface area contributed by atoms with Crippen molar-refractivity contribution in [2.45, 2.75) is 0 Å². The second kappa shape index (κ2) is 3.87. The van der Waals surface area contributed by atoms with Crippen LogP contribution in [0.4, 0.5) is 5.82 Å². The van der Waals surface area contributed by atoms with E-state index in [0.29, 0.717) is 5.82 Å². The molecule has 5 heteroatoms. The molecule has 0 aliphatic rings. The van der Waals surface area contributed by atoms with Crippen molar-refractivity contribution in [1.82, 2.24) is 9.55 Å². The summed E-state index contributed by atoms with van der Waals surface area (Å²) in [6.45, 7) is 0. The Morgan fingerprint density at radius 2 is 2.18 bits per heavy atom. The average Bonchev–Trinajstić information content (AvgIpc) is 2.95. The number of nitrogens with zero attached hydrogens (tertiary/aromatic N) is 2. The fourth-order valence-corrected chi connectivity index (χ4v) is 2.76. The molecular formula is C12H12N4S. The molecule has 0 unspecified atom stereocenters. The molecule has 1 aromatic carbocycles. The van der Waals surface area contributed by atoms with E-state index >= 15 is 0 Å². The first-order valence-electron chi connectivity index (χ1n) is 5.26. The Morgan fingerprint density at radius 1 is 1.35 bits per heavy atom. The molecule has 3 N–H and O–H groups in total. The van der Waals surface area contributed by atoms with Gasteiger partial charge in [0.05, 0.1) is 0 Å². The van der Waals surface area contributed by atoms with E-state index in [1.165, 1.54) is 10.9 Å². The van der Waals surface area contributed by atoms with E-state index < -0.39 is 0 Å². The predicted molar refractivity (Wildman–Crippen MR) is 71.8 cm³/mol. The SMILES string of the molecule is Cn1cc(-c2nc(NN)cs2)c2ccccc21. The molecule has 2 heterocycles. The molecule has 2 aromatic heterocycles. The van der Waals surface area contributed by atoms with Crippen LogP contribution in [0.15, 0.2) is 35.8 Å². The van der Waals surface area contributed by atoms with Crippen LogP contribution in [0.5, 0.6) is 0 Å². The van der Waals surface area contributed by atoms with Crippen LogP contribution in [0.3, 0.4) is 0 Å². The van der Waals surface area contributed by atoms with Crippen LogP contribution in [0.25, 0.3) is 21.5 Å². The lowest BCUT2D eigenvalue weighted by Gasteiger charge is -1.94. The van der Waals surface area contributed by atoms with E-state index in [1.54, 1.807) is 11.3 Å². The number of benzene rings is 1. The van der Waals surface area contributed by atoms with Crippen molar-refractivity contribution in [3.63, 3.8) is 0 Å². The van der Waals surface area contributed by atoms with Crippen LogP contribution in [0.2, 0.25) is 0 Å². The highest BCUT2D eigenvalue weighted by molar-refractivity contribution is 7.13. The van der Waals surface area contributed by atoms with Gasteiger partial charge < -0.3 is 9.99 Å². The number of aryl methyl sites for hydroxylation is 1. The van der Waals surface area contributed by atoms with Gasteiger partial charge in [0.1, 0.15) is 5.01 Å². The van der Waals surface area contributed by atoms with Gasteiger partial charge in [-0.2, -0.15) is 0 Å². The van der Waals surface area contributed by atoms with Crippen LogP contribution in [0.1, 0.15) is 0 Å². The first-order chi connectivity index (χ1) is 8.29. The van der Waals surface area contributed by atoms with Crippen molar-refractivity contribution < 1.29 is 0 Å². The Bertz CT molecular complexity index is 668. The molecule has 0 atom stereocenters. The second-order valence-electron chi connectivity index (χ2n) is 3.85. The number of rotatable bonds is 2. The lowest BCUT2D eigenvalue weighted by molar-refractivity contribution is 0.970. The summed E-state index contributed by atoms with van der Waals surface area (Å²) in [6, 6.07) is 8.30. The number of nitrogens with two attached hydrogens (primary N) is 1. The summed E-state index contributed by atoms with van der Waals surface area (Å²) in [4.78, 5) is 4.43. The van der Waals surface area contributed by atoms with E-state index in [-0.39, 0.29) is 0 Å². The maximum absolute atomic E-state index is 5.35. The summed E-state index contributed by atoms with van der Waals surface area (Å²) in [7, 11) is 2.04. The Balaban J connectivity index is 2.23. The molecule has 0 spiro atoms. The van der Waals surface area contributed by atoms with Crippen LogP contribution < -0.4 is 11.3 Å². The van der Waals surface area contributed by atoms with Crippen molar-refractivity contribution in [2.75, 3.05) is 5.43 Å². The molecule has 0 aliphatic carbocycles. The Labute approximate surface area is 103 Å². The zero-order valence-electron chi connectivity index (χ0n) is 9.34. The van der Waals surface area contributed by atoms with Gasteiger partial charge in [0, 0.05) is 35.1 Å². The summed E-state index contributed by atoms with van der Waals surface area (Å²) in [5.41, 5.74) is 4.92. The summed E-state index contributed by atoms with van der Waals surface area (Å²) >= 11 is 1.59. The third kappa shape index (κ3) is 1.60. The quantitative estimate of drug-likeness (QED) is 0.538. The summed E-state index contributed by atoms with van der Waals surface area (Å²) < 4.78 is 2.11. The molecule has 17 heavy (non-hydrogen) atoms. The predicted octanol–water partition coefficient (Wildman–Crippen LogP) is 2.59. The number of nitrogen functional groups attached to an aromatic ring is 1. The number of hydrogen-bond acceptors (Lipinski definition) is 4. The van der Waals surface area contributed by atoms with Gasteiger partial charge >= 0.3 is 0 Å². The maximum atomic E-state index is 5.35. The number of para-hydroxylation sites is 1. The van der Waals surface area contributed by atoms with Gasteiger partial charge in [-0.05, 0) is 6.07 Å². The number of anilines is 1. The Hall–Kier alpha value is -1.85. The zero-order chi connectivity index (χ0) is 11.8. The van der Waals surface area contributed by atoms with Crippen LogP contribution >= 0.6 is 11.3 Å². The highest BCUT2D eigenvalue weighted by Gasteiger charge is 2.11. The summed E-state index contributed by atoms with van der Waals surface area (Å²) in [5.74, 6) is 6.05. The highest BCUT2D eigenvalue weighted by Crippen LogP contribution is 2.32. The molecule has 4 nitrogen and oxygen atoms in total. The largest absolute Gasteiger partial charge is 0.350 e. The maximum Gasteiger partial charge on any atom is 0.151 e. The topological polar surface area (TPSA) is 55.9 Å². The molecule has 0 radical (unpaired) electrons. The number of hydrogen-bond donors (Lipinski definition) is 2. The minimum atomic E-state index is 0.706. The van der Waals surface area contributed by atoms with Gasteiger partial charge in [-0.25, -0.2) is 10.8 Å². The first kappa shape index (κ1) is 10.3. The first-order valence-corrected chi connectivity index (χ1v) is 6.14. The minimum absolute atomic E-state index is 0.706. The van der Waals surface area contributed by atoms with Crippen molar-refractivity contribution >= 4 is 28.1 Å². The standard InChI is InChI=1S/C12H12N4S/c1-16-6-9(8-4-2-3-5-10(8)16)12-14-11(15-13)7-17-12/h2-7,15H,13H2,1H3. The average molecular weight is 244 g/mol. The zero-order valence-corrected chi connectivity index (χ0v) is 10.2. The monoisotopic (exact) mass is 244 g/mol. The second-order valence-corrected chi connectivity index (χ2v) is 4.71. The highest BCUT2D eigenvalue weighted by atomic mass is 32.1. The Kier molecular flexibility index (Phi) is 2.35. The third-order valence-electron chi connectivity index (χ3n) is 2.78. The third-order valence-corrected chi connectivity index (χ3v) is 3.66. The van der Waals surface area contributed by atoms with Gasteiger partial charge in [0.2, 0.25) is 0 Å².